The zero-order valence-electron chi connectivity index (χ0n) is 11.1. The van der Waals surface area contributed by atoms with Crippen molar-refractivity contribution >= 4 is 44.5 Å². The van der Waals surface area contributed by atoms with Gasteiger partial charge in [-0.3, -0.25) is 4.79 Å². The van der Waals surface area contributed by atoms with Gasteiger partial charge in [-0.1, -0.05) is 15.9 Å². The Labute approximate surface area is 130 Å². The highest BCUT2D eigenvalue weighted by atomic mass is 79.9. The molecule has 0 radical (unpaired) electrons. The van der Waals surface area contributed by atoms with Gasteiger partial charge >= 0.3 is 0 Å². The molecule has 1 aliphatic rings. The van der Waals surface area contributed by atoms with Gasteiger partial charge in [-0.2, -0.15) is 0 Å². The van der Waals surface area contributed by atoms with Crippen LogP contribution in [0.25, 0.3) is 11.0 Å². The maximum atomic E-state index is 12.2. The number of rotatable bonds is 2. The highest BCUT2D eigenvalue weighted by molar-refractivity contribution is 9.10. The summed E-state index contributed by atoms with van der Waals surface area (Å²) in [7, 11) is 0. The third-order valence-corrected chi connectivity index (χ3v) is 4.29. The Bertz CT molecular complexity index is 668. The van der Waals surface area contributed by atoms with Gasteiger partial charge in [0.05, 0.1) is 16.4 Å². The van der Waals surface area contributed by atoms with E-state index in [-0.39, 0.29) is 17.3 Å². The lowest BCUT2D eigenvalue weighted by Gasteiger charge is -2.25. The molecule has 1 aromatic carbocycles. The first-order valence-corrected chi connectivity index (χ1v) is 7.90. The molecular formula is C14H15BrClN3O. The number of carbonyl (C=O) groups excluding carboxylic acids is 1. The van der Waals surface area contributed by atoms with Crippen LogP contribution >= 0.6 is 27.5 Å². The number of piperidine rings is 1. The predicted molar refractivity (Wildman–Crippen MR) is 83.0 cm³/mol. The Balaban J connectivity index is 2.22. The number of nitrogens with zero attached hydrogens (tertiary/aromatic N) is 2. The normalized spacial score (nSPS) is 20.9. The van der Waals surface area contributed by atoms with Crippen molar-refractivity contribution in [2.75, 3.05) is 6.54 Å². The summed E-state index contributed by atoms with van der Waals surface area (Å²) in [5.41, 5.74) is 1.82. The van der Waals surface area contributed by atoms with Gasteiger partial charge < -0.3 is 9.88 Å². The molecule has 1 aliphatic heterocycles. The van der Waals surface area contributed by atoms with E-state index in [0.29, 0.717) is 0 Å². The van der Waals surface area contributed by atoms with Crippen LogP contribution in [0.15, 0.2) is 22.7 Å². The highest BCUT2D eigenvalue weighted by Crippen LogP contribution is 2.32. The second kappa shape index (κ2) is 5.37. The van der Waals surface area contributed by atoms with Gasteiger partial charge in [-0.15, -0.1) is 11.6 Å². The first-order chi connectivity index (χ1) is 9.58. The summed E-state index contributed by atoms with van der Waals surface area (Å²) >= 11 is 9.74. The fraction of sp³-hybridized carbons (Fsp3) is 0.429. The average Bonchev–Trinajstić information content (AvgIpc) is 2.78. The summed E-state index contributed by atoms with van der Waals surface area (Å²) in [6.07, 6.45) is 1.79. The third kappa shape index (κ3) is 2.33. The van der Waals surface area contributed by atoms with Crippen LogP contribution in [0, 0.1) is 0 Å². The van der Waals surface area contributed by atoms with Crippen LogP contribution in [0.1, 0.15) is 37.0 Å². The lowest BCUT2D eigenvalue weighted by molar-refractivity contribution is -0.125. The van der Waals surface area contributed by atoms with E-state index in [1.807, 2.05) is 29.7 Å². The molecule has 1 saturated heterocycles. The molecule has 106 valence electrons. The second-order valence-corrected chi connectivity index (χ2v) is 6.61. The van der Waals surface area contributed by atoms with E-state index >= 15 is 0 Å². The van der Waals surface area contributed by atoms with Crippen molar-refractivity contribution in [2.24, 2.45) is 0 Å². The van der Waals surface area contributed by atoms with Crippen LogP contribution in [0.5, 0.6) is 0 Å². The maximum absolute atomic E-state index is 12.2. The Morgan fingerprint density at radius 3 is 3.05 bits per heavy atom. The van der Waals surface area contributed by atoms with Gasteiger partial charge in [0.15, 0.2) is 0 Å². The number of alkyl halides is 1. The molecule has 1 amide bonds. The summed E-state index contributed by atoms with van der Waals surface area (Å²) < 4.78 is 2.96. The molecule has 6 heteroatoms. The molecule has 2 unspecified atom stereocenters. The number of hydrogen-bond acceptors (Lipinski definition) is 2. The van der Waals surface area contributed by atoms with E-state index in [4.69, 9.17) is 11.6 Å². The fourth-order valence-corrected chi connectivity index (χ4v) is 3.20. The van der Waals surface area contributed by atoms with Gasteiger partial charge in [-0.05, 0) is 38.0 Å². The summed E-state index contributed by atoms with van der Waals surface area (Å²) in [5, 5.41) is 2.68. The molecule has 4 nitrogen and oxygen atoms in total. The molecular weight excluding hydrogens is 342 g/mol. The maximum Gasteiger partial charge on any atom is 0.243 e. The lowest BCUT2D eigenvalue weighted by Crippen LogP contribution is -2.38. The largest absolute Gasteiger partial charge is 0.354 e. The minimum Gasteiger partial charge on any atom is -0.354 e. The number of aromatic nitrogens is 2. The summed E-state index contributed by atoms with van der Waals surface area (Å²) in [5.74, 6) is 0.802. The molecule has 0 bridgehead atoms. The Morgan fingerprint density at radius 1 is 1.55 bits per heavy atom. The summed E-state index contributed by atoms with van der Waals surface area (Å²) in [4.78, 5) is 16.8. The van der Waals surface area contributed by atoms with Crippen molar-refractivity contribution in [3.63, 3.8) is 0 Å². The van der Waals surface area contributed by atoms with Crippen molar-refractivity contribution in [3.05, 3.63) is 28.5 Å². The number of fused-ring (bicyclic) bond motifs is 1. The minimum atomic E-state index is -0.240. The number of imidazole rings is 1. The van der Waals surface area contributed by atoms with Gasteiger partial charge in [0, 0.05) is 11.0 Å². The summed E-state index contributed by atoms with van der Waals surface area (Å²) in [6, 6.07) is 5.66. The monoisotopic (exact) mass is 355 g/mol. The van der Waals surface area contributed by atoms with E-state index in [1.54, 1.807) is 0 Å². The number of benzene rings is 1. The Hall–Kier alpha value is -1.07. The van der Waals surface area contributed by atoms with Crippen molar-refractivity contribution < 1.29 is 4.79 Å². The van der Waals surface area contributed by atoms with Crippen LogP contribution < -0.4 is 5.32 Å². The van der Waals surface area contributed by atoms with E-state index in [9.17, 15) is 4.79 Å². The van der Waals surface area contributed by atoms with Crippen LogP contribution in [0.3, 0.4) is 0 Å². The minimum absolute atomic E-state index is 0.0501. The van der Waals surface area contributed by atoms with Crippen molar-refractivity contribution in [3.8, 4) is 0 Å². The molecule has 2 aromatic rings. The zero-order valence-corrected chi connectivity index (χ0v) is 13.4. The average molecular weight is 357 g/mol. The van der Waals surface area contributed by atoms with Crippen LogP contribution in [-0.4, -0.2) is 22.0 Å². The molecule has 3 rings (SSSR count). The van der Waals surface area contributed by atoms with Crippen LogP contribution in [0.2, 0.25) is 0 Å². The van der Waals surface area contributed by atoms with E-state index < -0.39 is 0 Å². The van der Waals surface area contributed by atoms with Gasteiger partial charge in [0.2, 0.25) is 5.91 Å². The van der Waals surface area contributed by atoms with Gasteiger partial charge in [-0.25, -0.2) is 4.98 Å². The zero-order chi connectivity index (χ0) is 14.3. The molecule has 1 N–H and O–H groups in total. The number of halogens is 2. The van der Waals surface area contributed by atoms with Crippen LogP contribution in [-0.2, 0) is 4.79 Å². The molecule has 20 heavy (non-hydrogen) atoms. The van der Waals surface area contributed by atoms with Gasteiger partial charge in [0.25, 0.3) is 0 Å². The predicted octanol–water partition coefficient (Wildman–Crippen LogP) is 3.55. The number of hydrogen-bond donors (Lipinski definition) is 1. The molecule has 1 aromatic heterocycles. The van der Waals surface area contributed by atoms with Crippen LogP contribution in [0.4, 0.5) is 0 Å². The fourth-order valence-electron chi connectivity index (χ4n) is 2.70. The van der Waals surface area contributed by atoms with Crippen molar-refractivity contribution in [2.45, 2.75) is 31.2 Å². The third-order valence-electron chi connectivity index (χ3n) is 3.60. The lowest BCUT2D eigenvalue weighted by atomic mass is 10.1. The first-order valence-electron chi connectivity index (χ1n) is 6.67. The molecule has 0 aliphatic carbocycles. The second-order valence-electron chi connectivity index (χ2n) is 5.04. The molecule has 2 heterocycles. The molecule has 0 spiro atoms. The van der Waals surface area contributed by atoms with E-state index in [0.717, 1.165) is 40.7 Å². The quantitative estimate of drug-likeness (QED) is 0.837. The highest BCUT2D eigenvalue weighted by Gasteiger charge is 2.29. The summed E-state index contributed by atoms with van der Waals surface area (Å²) in [6.45, 7) is 2.63. The first kappa shape index (κ1) is 13.9. The number of carbonyl (C=O) groups is 1. The van der Waals surface area contributed by atoms with E-state index in [1.165, 1.54) is 0 Å². The van der Waals surface area contributed by atoms with Gasteiger partial charge in [0.1, 0.15) is 11.9 Å². The topological polar surface area (TPSA) is 46.9 Å². The van der Waals surface area contributed by atoms with Crippen molar-refractivity contribution in [1.82, 2.24) is 14.9 Å². The molecule has 0 saturated carbocycles. The SMILES string of the molecule is CC(Cl)c1nc2ccc(Br)cc2n1C1CCCNC1=O. The number of amides is 1. The molecule has 1 fully saturated rings. The van der Waals surface area contributed by atoms with Crippen molar-refractivity contribution in [1.29, 1.82) is 0 Å². The smallest absolute Gasteiger partial charge is 0.243 e. The molecule has 2 atom stereocenters. The van der Waals surface area contributed by atoms with E-state index in [2.05, 4.69) is 26.2 Å². The Kier molecular flexibility index (Phi) is 3.73. The standard InChI is InChI=1S/C14H15BrClN3O/c1-8(16)13-18-10-5-4-9(15)7-12(10)19(13)11-3-2-6-17-14(11)20/h4-5,7-8,11H,2-3,6H2,1H3,(H,17,20). The number of nitrogens with one attached hydrogen (secondary N) is 1. The Morgan fingerprint density at radius 2 is 2.35 bits per heavy atom.